The van der Waals surface area contributed by atoms with Gasteiger partial charge in [0, 0.05) is 11.8 Å². The number of rotatable bonds is 5. The summed E-state index contributed by atoms with van der Waals surface area (Å²) in [7, 11) is 0. The van der Waals surface area contributed by atoms with Crippen molar-refractivity contribution in [1.82, 2.24) is 10.1 Å². The number of hydrogen-bond donors (Lipinski definition) is 0. The van der Waals surface area contributed by atoms with Gasteiger partial charge in [0.15, 0.2) is 5.82 Å². The fraction of sp³-hybridized carbons (Fsp3) is 0.727. The van der Waals surface area contributed by atoms with Gasteiger partial charge in [0.2, 0.25) is 5.89 Å². The second-order valence-corrected chi connectivity index (χ2v) is 4.54. The zero-order chi connectivity index (χ0) is 10.9. The van der Waals surface area contributed by atoms with E-state index in [2.05, 4.69) is 17.1 Å². The number of carbonyl (C=O) groups excluding carboxylic acids is 1. The van der Waals surface area contributed by atoms with Crippen LogP contribution in [0.2, 0.25) is 0 Å². The van der Waals surface area contributed by atoms with E-state index >= 15 is 0 Å². The van der Waals surface area contributed by atoms with Crippen molar-refractivity contribution in [2.24, 2.45) is 0 Å². The van der Waals surface area contributed by atoms with Crippen LogP contribution in [-0.4, -0.2) is 15.9 Å². The molecule has 0 bridgehead atoms. The summed E-state index contributed by atoms with van der Waals surface area (Å²) in [5.41, 5.74) is 0.121. The Kier molecular flexibility index (Phi) is 2.59. The fourth-order valence-corrected chi connectivity index (χ4v) is 1.52. The summed E-state index contributed by atoms with van der Waals surface area (Å²) in [5.74, 6) is 1.41. The van der Waals surface area contributed by atoms with Crippen LogP contribution in [0, 0.1) is 0 Å². The molecule has 0 amide bonds. The Labute approximate surface area is 89.1 Å². The first kappa shape index (κ1) is 10.3. The van der Waals surface area contributed by atoms with E-state index in [4.69, 9.17) is 4.52 Å². The number of aromatic nitrogens is 2. The average Bonchev–Trinajstić information content (AvgIpc) is 2.77. The Hall–Kier alpha value is -1.19. The molecule has 0 spiro atoms. The molecule has 0 radical (unpaired) electrons. The van der Waals surface area contributed by atoms with Gasteiger partial charge in [0.25, 0.3) is 0 Å². The molecule has 1 aromatic rings. The zero-order valence-electron chi connectivity index (χ0n) is 9.25. The summed E-state index contributed by atoms with van der Waals surface area (Å²) in [6.45, 7) is 4.11. The standard InChI is InChI=1S/C11H16N2O2/c1-3-4-8(14)7-9-12-10(13-15-9)11(2)5-6-11/h3-7H2,1-2H3. The van der Waals surface area contributed by atoms with E-state index < -0.39 is 0 Å². The molecule has 0 unspecified atom stereocenters. The molecule has 0 N–H and O–H groups in total. The van der Waals surface area contributed by atoms with Crippen molar-refractivity contribution in [3.05, 3.63) is 11.7 Å². The Morgan fingerprint density at radius 1 is 1.53 bits per heavy atom. The lowest BCUT2D eigenvalue weighted by atomic mass is 10.1. The van der Waals surface area contributed by atoms with E-state index in [1.54, 1.807) is 0 Å². The first-order valence-electron chi connectivity index (χ1n) is 5.49. The molecule has 0 aliphatic heterocycles. The highest BCUT2D eigenvalue weighted by Crippen LogP contribution is 2.45. The first-order chi connectivity index (χ1) is 7.14. The average molecular weight is 208 g/mol. The van der Waals surface area contributed by atoms with Crippen molar-refractivity contribution in [3.8, 4) is 0 Å². The topological polar surface area (TPSA) is 56.0 Å². The fourth-order valence-electron chi connectivity index (χ4n) is 1.52. The van der Waals surface area contributed by atoms with Crippen LogP contribution in [0.4, 0.5) is 0 Å². The Bertz CT molecular complexity index is 366. The van der Waals surface area contributed by atoms with E-state index in [1.165, 1.54) is 0 Å². The maximum absolute atomic E-state index is 11.4. The Balaban J connectivity index is 1.98. The highest BCUT2D eigenvalue weighted by atomic mass is 16.5. The molecule has 4 nitrogen and oxygen atoms in total. The quantitative estimate of drug-likeness (QED) is 0.743. The van der Waals surface area contributed by atoms with Gasteiger partial charge in [-0.25, -0.2) is 0 Å². The minimum Gasteiger partial charge on any atom is -0.339 e. The van der Waals surface area contributed by atoms with Crippen molar-refractivity contribution in [2.75, 3.05) is 0 Å². The van der Waals surface area contributed by atoms with Crippen molar-refractivity contribution in [3.63, 3.8) is 0 Å². The summed E-state index contributed by atoms with van der Waals surface area (Å²) < 4.78 is 5.07. The molecule has 0 aromatic carbocycles. The molecule has 0 saturated heterocycles. The molecule has 2 rings (SSSR count). The molecule has 1 saturated carbocycles. The predicted octanol–water partition coefficient (Wildman–Crippen LogP) is 2.03. The Morgan fingerprint density at radius 2 is 2.27 bits per heavy atom. The van der Waals surface area contributed by atoms with Crippen LogP contribution in [-0.2, 0) is 16.6 Å². The monoisotopic (exact) mass is 208 g/mol. The molecular weight excluding hydrogens is 192 g/mol. The summed E-state index contributed by atoms with van der Waals surface area (Å²) in [6.07, 6.45) is 3.99. The normalized spacial score (nSPS) is 17.7. The molecular formula is C11H16N2O2. The molecule has 82 valence electrons. The van der Waals surface area contributed by atoms with Gasteiger partial charge in [0.05, 0.1) is 6.42 Å². The number of carbonyl (C=O) groups is 1. The van der Waals surface area contributed by atoms with E-state index in [0.29, 0.717) is 12.3 Å². The van der Waals surface area contributed by atoms with Gasteiger partial charge in [-0.1, -0.05) is 19.0 Å². The minimum absolute atomic E-state index is 0.121. The maximum atomic E-state index is 11.4. The number of nitrogens with zero attached hydrogens (tertiary/aromatic N) is 2. The largest absolute Gasteiger partial charge is 0.339 e. The van der Waals surface area contributed by atoms with Crippen LogP contribution < -0.4 is 0 Å². The van der Waals surface area contributed by atoms with E-state index in [-0.39, 0.29) is 17.6 Å². The molecule has 1 aliphatic rings. The highest BCUT2D eigenvalue weighted by Gasteiger charge is 2.43. The van der Waals surface area contributed by atoms with Crippen LogP contribution in [0.3, 0.4) is 0 Å². The molecule has 1 aromatic heterocycles. The predicted molar refractivity (Wildman–Crippen MR) is 54.5 cm³/mol. The molecule has 1 heterocycles. The van der Waals surface area contributed by atoms with Crippen LogP contribution in [0.5, 0.6) is 0 Å². The van der Waals surface area contributed by atoms with Gasteiger partial charge < -0.3 is 4.52 Å². The van der Waals surface area contributed by atoms with E-state index in [9.17, 15) is 4.79 Å². The van der Waals surface area contributed by atoms with Gasteiger partial charge in [-0.3, -0.25) is 4.79 Å². The van der Waals surface area contributed by atoms with E-state index in [0.717, 1.165) is 25.1 Å². The zero-order valence-corrected chi connectivity index (χ0v) is 9.25. The minimum atomic E-state index is 0.121. The second kappa shape index (κ2) is 3.76. The van der Waals surface area contributed by atoms with E-state index in [1.807, 2.05) is 6.92 Å². The molecule has 4 heteroatoms. The Morgan fingerprint density at radius 3 is 2.87 bits per heavy atom. The summed E-state index contributed by atoms with van der Waals surface area (Å²) >= 11 is 0. The van der Waals surface area contributed by atoms with Crippen molar-refractivity contribution >= 4 is 5.78 Å². The molecule has 1 aliphatic carbocycles. The number of ketones is 1. The van der Waals surface area contributed by atoms with Crippen molar-refractivity contribution in [1.29, 1.82) is 0 Å². The van der Waals surface area contributed by atoms with Crippen molar-refractivity contribution in [2.45, 2.75) is 51.4 Å². The summed E-state index contributed by atoms with van der Waals surface area (Å²) in [6, 6.07) is 0. The maximum Gasteiger partial charge on any atom is 0.234 e. The van der Waals surface area contributed by atoms with Gasteiger partial charge in [-0.15, -0.1) is 0 Å². The number of hydrogen-bond acceptors (Lipinski definition) is 4. The third kappa shape index (κ3) is 2.25. The van der Waals surface area contributed by atoms with Crippen LogP contribution in [0.1, 0.15) is 51.2 Å². The second-order valence-electron chi connectivity index (χ2n) is 4.54. The van der Waals surface area contributed by atoms with Crippen LogP contribution in [0.25, 0.3) is 0 Å². The van der Waals surface area contributed by atoms with Crippen molar-refractivity contribution < 1.29 is 9.32 Å². The number of Topliss-reactive ketones (excluding diaryl/α,β-unsaturated/α-hetero) is 1. The smallest absolute Gasteiger partial charge is 0.234 e. The summed E-state index contributed by atoms with van der Waals surface area (Å²) in [5, 5.41) is 3.92. The molecule has 15 heavy (non-hydrogen) atoms. The third-order valence-electron chi connectivity index (χ3n) is 2.89. The molecule has 1 fully saturated rings. The summed E-state index contributed by atoms with van der Waals surface area (Å²) in [4.78, 5) is 15.6. The van der Waals surface area contributed by atoms with Gasteiger partial charge in [-0.2, -0.15) is 4.98 Å². The molecule has 0 atom stereocenters. The lowest BCUT2D eigenvalue weighted by Crippen LogP contribution is -2.04. The third-order valence-corrected chi connectivity index (χ3v) is 2.89. The lowest BCUT2D eigenvalue weighted by molar-refractivity contribution is -0.118. The van der Waals surface area contributed by atoms with Crippen LogP contribution in [0.15, 0.2) is 4.52 Å². The first-order valence-corrected chi connectivity index (χ1v) is 5.49. The van der Waals surface area contributed by atoms with Gasteiger partial charge in [0.1, 0.15) is 5.78 Å². The lowest BCUT2D eigenvalue weighted by Gasteiger charge is -1.97. The highest BCUT2D eigenvalue weighted by molar-refractivity contribution is 5.79. The van der Waals surface area contributed by atoms with Crippen LogP contribution >= 0.6 is 0 Å². The van der Waals surface area contributed by atoms with Gasteiger partial charge in [-0.05, 0) is 19.3 Å². The SMILES string of the molecule is CCCC(=O)Cc1nc(C2(C)CC2)no1. The van der Waals surface area contributed by atoms with Gasteiger partial charge >= 0.3 is 0 Å².